The standard InChI is InChI=1S/C21H28O3/c1-19-8-5-15(22)13-14(19)3-4-16-17(19)6-9-20(2)18(16)7-10-21(20)23-11-12-24-21/h3,5,8,16-18H,4,6-7,9-13H2,1-2H3/t16?,17?,18?,19-,20-/m0/s1. The zero-order valence-electron chi connectivity index (χ0n) is 14.8. The van der Waals surface area contributed by atoms with Gasteiger partial charge in [-0.25, -0.2) is 0 Å². The Morgan fingerprint density at radius 1 is 1.08 bits per heavy atom. The van der Waals surface area contributed by atoms with Crippen LogP contribution in [0.4, 0.5) is 0 Å². The van der Waals surface area contributed by atoms with Crippen LogP contribution in [0.1, 0.15) is 52.4 Å². The molecule has 24 heavy (non-hydrogen) atoms. The summed E-state index contributed by atoms with van der Waals surface area (Å²) in [5.74, 6) is 1.99. The first kappa shape index (κ1) is 15.3. The van der Waals surface area contributed by atoms with Gasteiger partial charge < -0.3 is 9.47 Å². The number of ketones is 1. The summed E-state index contributed by atoms with van der Waals surface area (Å²) in [4.78, 5) is 11.9. The molecule has 3 fully saturated rings. The number of carbonyl (C=O) groups is 1. The SMILES string of the molecule is C[C@]12C=CC(=O)CC1=CCC1C2CC[C@@]2(C)C1CCC21OCCO1. The predicted octanol–water partition coefficient (Wildman–Crippen LogP) is 4.04. The van der Waals surface area contributed by atoms with Crippen molar-refractivity contribution in [3.63, 3.8) is 0 Å². The predicted molar refractivity (Wildman–Crippen MR) is 91.3 cm³/mol. The Morgan fingerprint density at radius 3 is 2.62 bits per heavy atom. The van der Waals surface area contributed by atoms with E-state index in [0.29, 0.717) is 24.2 Å². The molecule has 0 bridgehead atoms. The summed E-state index contributed by atoms with van der Waals surface area (Å²) in [5.41, 5.74) is 1.62. The highest BCUT2D eigenvalue weighted by atomic mass is 16.7. The Labute approximate surface area is 144 Å². The van der Waals surface area contributed by atoms with Crippen molar-refractivity contribution < 1.29 is 14.3 Å². The van der Waals surface area contributed by atoms with Gasteiger partial charge >= 0.3 is 0 Å². The minimum absolute atomic E-state index is 0.0886. The lowest BCUT2D eigenvalue weighted by atomic mass is 9.49. The molecule has 3 heteroatoms. The van der Waals surface area contributed by atoms with Gasteiger partial charge in [-0.2, -0.15) is 0 Å². The van der Waals surface area contributed by atoms with Crippen molar-refractivity contribution in [1.82, 2.24) is 0 Å². The van der Waals surface area contributed by atoms with Crippen molar-refractivity contribution >= 4 is 5.78 Å². The highest BCUT2D eigenvalue weighted by Crippen LogP contribution is 2.67. The highest BCUT2D eigenvalue weighted by molar-refractivity contribution is 5.93. The monoisotopic (exact) mass is 328 g/mol. The van der Waals surface area contributed by atoms with Crippen molar-refractivity contribution in [2.75, 3.05) is 13.2 Å². The molecule has 1 saturated heterocycles. The van der Waals surface area contributed by atoms with Crippen molar-refractivity contribution in [3.05, 3.63) is 23.8 Å². The fourth-order valence-corrected chi connectivity index (χ4v) is 6.99. The second-order valence-corrected chi connectivity index (χ2v) is 9.05. The van der Waals surface area contributed by atoms with Gasteiger partial charge in [0.1, 0.15) is 0 Å². The fourth-order valence-electron chi connectivity index (χ4n) is 6.99. The van der Waals surface area contributed by atoms with Gasteiger partial charge in [-0.1, -0.05) is 31.6 Å². The quantitative estimate of drug-likeness (QED) is 0.630. The van der Waals surface area contributed by atoms with Crippen molar-refractivity contribution in [1.29, 1.82) is 0 Å². The molecule has 2 saturated carbocycles. The molecule has 3 nitrogen and oxygen atoms in total. The molecule has 4 aliphatic carbocycles. The maximum atomic E-state index is 11.9. The van der Waals surface area contributed by atoms with Gasteiger partial charge in [0.25, 0.3) is 0 Å². The van der Waals surface area contributed by atoms with Gasteiger partial charge in [0.05, 0.1) is 13.2 Å². The Morgan fingerprint density at radius 2 is 1.83 bits per heavy atom. The van der Waals surface area contributed by atoms with E-state index in [9.17, 15) is 4.79 Å². The van der Waals surface area contributed by atoms with Crippen LogP contribution in [0.5, 0.6) is 0 Å². The summed E-state index contributed by atoms with van der Waals surface area (Å²) in [6, 6.07) is 0. The van der Waals surface area contributed by atoms with Gasteiger partial charge in [0.2, 0.25) is 0 Å². The van der Waals surface area contributed by atoms with Crippen LogP contribution in [0.15, 0.2) is 23.8 Å². The molecule has 5 rings (SSSR count). The van der Waals surface area contributed by atoms with E-state index >= 15 is 0 Å². The zero-order valence-corrected chi connectivity index (χ0v) is 14.8. The number of carbonyl (C=O) groups excluding carboxylic acids is 1. The molecule has 0 amide bonds. The van der Waals surface area contributed by atoms with Crippen LogP contribution in [0.2, 0.25) is 0 Å². The summed E-state index contributed by atoms with van der Waals surface area (Å²) in [6.45, 7) is 6.30. The smallest absolute Gasteiger partial charge is 0.174 e. The second kappa shape index (κ2) is 4.82. The molecule has 0 aromatic rings. The third-order valence-electron chi connectivity index (χ3n) is 8.31. The third kappa shape index (κ3) is 1.73. The lowest BCUT2D eigenvalue weighted by molar-refractivity contribution is -0.241. The topological polar surface area (TPSA) is 35.5 Å². The maximum Gasteiger partial charge on any atom is 0.174 e. The van der Waals surface area contributed by atoms with Gasteiger partial charge in [-0.05, 0) is 49.5 Å². The normalized spacial score (nSPS) is 48.8. The zero-order chi connectivity index (χ0) is 16.6. The van der Waals surface area contributed by atoms with E-state index < -0.39 is 0 Å². The Balaban J connectivity index is 1.52. The van der Waals surface area contributed by atoms with Crippen LogP contribution >= 0.6 is 0 Å². The summed E-state index contributed by atoms with van der Waals surface area (Å²) in [7, 11) is 0. The minimum Gasteiger partial charge on any atom is -0.347 e. The fraction of sp³-hybridized carbons (Fsp3) is 0.762. The summed E-state index contributed by atoms with van der Waals surface area (Å²) in [6.07, 6.45) is 12.9. The van der Waals surface area contributed by atoms with Crippen molar-refractivity contribution in [2.24, 2.45) is 28.6 Å². The highest BCUT2D eigenvalue weighted by Gasteiger charge is 2.66. The second-order valence-electron chi connectivity index (χ2n) is 9.05. The van der Waals surface area contributed by atoms with E-state index in [1.807, 2.05) is 6.08 Å². The van der Waals surface area contributed by atoms with Crippen molar-refractivity contribution in [2.45, 2.75) is 58.2 Å². The Hall–Kier alpha value is -0.930. The average Bonchev–Trinajstić information content (AvgIpc) is 3.15. The first-order valence-electron chi connectivity index (χ1n) is 9.68. The Bertz CT molecular complexity index is 641. The van der Waals surface area contributed by atoms with Crippen LogP contribution in [0, 0.1) is 28.6 Å². The van der Waals surface area contributed by atoms with Crippen LogP contribution in [0.25, 0.3) is 0 Å². The number of hydrogen-bond donors (Lipinski definition) is 0. The molecular weight excluding hydrogens is 300 g/mol. The van der Waals surface area contributed by atoms with Crippen LogP contribution in [-0.4, -0.2) is 24.8 Å². The first-order chi connectivity index (χ1) is 11.5. The van der Waals surface area contributed by atoms with Crippen molar-refractivity contribution in [3.8, 4) is 0 Å². The third-order valence-corrected chi connectivity index (χ3v) is 8.31. The maximum absolute atomic E-state index is 11.9. The molecular formula is C21H28O3. The number of fused-ring (bicyclic) bond motifs is 6. The van der Waals surface area contributed by atoms with E-state index in [0.717, 1.165) is 26.1 Å². The molecule has 0 N–H and O–H groups in total. The molecule has 1 spiro atoms. The molecule has 3 unspecified atom stereocenters. The van der Waals surface area contributed by atoms with Gasteiger partial charge in [0.15, 0.2) is 11.6 Å². The largest absolute Gasteiger partial charge is 0.347 e. The van der Waals surface area contributed by atoms with Crippen LogP contribution < -0.4 is 0 Å². The van der Waals surface area contributed by atoms with Crippen LogP contribution in [-0.2, 0) is 14.3 Å². The van der Waals surface area contributed by atoms with Gasteiger partial charge in [-0.3, -0.25) is 4.79 Å². The molecule has 0 aromatic carbocycles. The summed E-state index contributed by atoms with van der Waals surface area (Å²) >= 11 is 0. The molecule has 5 aliphatic rings. The molecule has 5 atom stereocenters. The molecule has 130 valence electrons. The van der Waals surface area contributed by atoms with E-state index in [1.165, 1.54) is 24.8 Å². The molecule has 1 aliphatic heterocycles. The summed E-state index contributed by atoms with van der Waals surface area (Å²) in [5, 5.41) is 0. The molecule has 0 aromatic heterocycles. The lowest BCUT2D eigenvalue weighted by Crippen LogP contribution is -2.54. The van der Waals surface area contributed by atoms with Crippen LogP contribution in [0.3, 0.4) is 0 Å². The number of ether oxygens (including phenoxy) is 2. The lowest BCUT2D eigenvalue weighted by Gasteiger charge is -2.57. The summed E-state index contributed by atoms with van der Waals surface area (Å²) < 4.78 is 12.4. The van der Waals surface area contributed by atoms with E-state index in [2.05, 4.69) is 26.0 Å². The Kier molecular flexibility index (Phi) is 3.08. The van der Waals surface area contributed by atoms with E-state index in [-0.39, 0.29) is 22.4 Å². The van der Waals surface area contributed by atoms with Gasteiger partial charge in [-0.15, -0.1) is 0 Å². The van der Waals surface area contributed by atoms with E-state index in [4.69, 9.17) is 9.47 Å². The average molecular weight is 328 g/mol. The number of rotatable bonds is 0. The minimum atomic E-state index is -0.314. The van der Waals surface area contributed by atoms with E-state index in [1.54, 1.807) is 0 Å². The number of hydrogen-bond acceptors (Lipinski definition) is 3. The number of allylic oxidation sites excluding steroid dienone is 4. The van der Waals surface area contributed by atoms with Gasteiger partial charge in [0, 0.05) is 23.7 Å². The molecule has 0 radical (unpaired) electrons. The first-order valence-corrected chi connectivity index (χ1v) is 9.68. The molecule has 1 heterocycles.